The van der Waals surface area contributed by atoms with Gasteiger partial charge in [-0.1, -0.05) is 62.9 Å². The van der Waals surface area contributed by atoms with Crippen molar-refractivity contribution in [3.05, 3.63) is 54.2 Å². The van der Waals surface area contributed by atoms with Crippen molar-refractivity contribution in [2.75, 3.05) is 25.4 Å². The average molecular weight is 476 g/mol. The quantitative estimate of drug-likeness (QED) is 0.428. The fourth-order valence-corrected chi connectivity index (χ4v) is 5.66. The summed E-state index contributed by atoms with van der Waals surface area (Å²) in [4.78, 5) is 12.6. The van der Waals surface area contributed by atoms with Crippen LogP contribution in [0.5, 0.6) is 0 Å². The molecule has 3 rings (SSSR count). The fraction of sp³-hybridized carbons (Fsp3) is 0.409. The number of rotatable bonds is 11. The summed E-state index contributed by atoms with van der Waals surface area (Å²) in [6.45, 7) is 7.06. The summed E-state index contributed by atoms with van der Waals surface area (Å²) in [7, 11) is -3.60. The second-order valence-electron chi connectivity index (χ2n) is 7.27. The smallest absolute Gasteiger partial charge is 0.244 e. The molecule has 1 atom stereocenters. The van der Waals surface area contributed by atoms with E-state index in [1.165, 1.54) is 33.9 Å². The lowest BCUT2D eigenvalue weighted by Crippen LogP contribution is -2.30. The molecule has 0 fully saturated rings. The van der Waals surface area contributed by atoms with Crippen molar-refractivity contribution < 1.29 is 13.2 Å². The first-order chi connectivity index (χ1) is 15.4. The van der Waals surface area contributed by atoms with Crippen LogP contribution >= 0.6 is 11.8 Å². The molecule has 1 amide bonds. The highest BCUT2D eigenvalue weighted by molar-refractivity contribution is 7.99. The summed E-state index contributed by atoms with van der Waals surface area (Å²) in [5, 5.41) is 11.7. The number of hydrogen-bond donors (Lipinski definition) is 1. The molecule has 2 aromatic heterocycles. The highest BCUT2D eigenvalue weighted by Crippen LogP contribution is 2.22. The van der Waals surface area contributed by atoms with Gasteiger partial charge in [0, 0.05) is 31.7 Å². The Kier molecular flexibility index (Phi) is 8.27. The van der Waals surface area contributed by atoms with Gasteiger partial charge in [0.1, 0.15) is 0 Å². The zero-order valence-corrected chi connectivity index (χ0v) is 20.2. The number of hydrogen-bond acceptors (Lipinski definition) is 6. The largest absolute Gasteiger partial charge is 0.355 e. The fourth-order valence-electron chi connectivity index (χ4n) is 3.46. The van der Waals surface area contributed by atoms with Crippen molar-refractivity contribution in [3.63, 3.8) is 0 Å². The van der Waals surface area contributed by atoms with E-state index in [2.05, 4.69) is 34.6 Å². The SMILES string of the molecule is CCC(CNC(=O)CSc1nnc2ccc(S(=O)(=O)N(CC)CC)cn12)c1ccccc1. The number of carbonyl (C=O) groups excluding carboxylic acids is 1. The van der Waals surface area contributed by atoms with Gasteiger partial charge in [-0.2, -0.15) is 4.31 Å². The molecule has 0 aliphatic rings. The number of pyridine rings is 1. The Labute approximate surface area is 193 Å². The predicted molar refractivity (Wildman–Crippen MR) is 126 cm³/mol. The molecule has 0 saturated heterocycles. The molecule has 0 saturated carbocycles. The summed E-state index contributed by atoms with van der Waals surface area (Å²) in [5.74, 6) is 0.318. The molecule has 2 heterocycles. The van der Waals surface area contributed by atoms with Crippen LogP contribution in [0.3, 0.4) is 0 Å². The van der Waals surface area contributed by atoms with Crippen LogP contribution < -0.4 is 5.32 Å². The molecule has 1 N–H and O–H groups in total. The number of sulfonamides is 1. The van der Waals surface area contributed by atoms with E-state index in [1.54, 1.807) is 24.3 Å². The van der Waals surface area contributed by atoms with E-state index in [9.17, 15) is 13.2 Å². The molecule has 0 radical (unpaired) electrons. The number of amides is 1. The average Bonchev–Trinajstić information content (AvgIpc) is 3.21. The van der Waals surface area contributed by atoms with Crippen molar-refractivity contribution in [3.8, 4) is 0 Å². The molecule has 0 aliphatic heterocycles. The molecular weight excluding hydrogens is 446 g/mol. The van der Waals surface area contributed by atoms with Crippen LogP contribution in [0.4, 0.5) is 0 Å². The number of fused-ring (bicyclic) bond motifs is 1. The van der Waals surface area contributed by atoms with E-state index in [0.717, 1.165) is 6.42 Å². The van der Waals surface area contributed by atoms with E-state index in [0.29, 0.717) is 30.4 Å². The topological polar surface area (TPSA) is 96.7 Å². The van der Waals surface area contributed by atoms with Gasteiger partial charge < -0.3 is 5.32 Å². The first kappa shape index (κ1) is 24.2. The van der Waals surface area contributed by atoms with E-state index in [-0.39, 0.29) is 22.5 Å². The molecule has 0 aliphatic carbocycles. The molecule has 1 aromatic carbocycles. The maximum atomic E-state index is 12.8. The summed E-state index contributed by atoms with van der Waals surface area (Å²) >= 11 is 1.23. The lowest BCUT2D eigenvalue weighted by molar-refractivity contribution is -0.118. The first-order valence-electron chi connectivity index (χ1n) is 10.7. The lowest BCUT2D eigenvalue weighted by Gasteiger charge is -2.18. The number of carbonyl (C=O) groups is 1. The molecule has 32 heavy (non-hydrogen) atoms. The van der Waals surface area contributed by atoms with Crippen molar-refractivity contribution in [2.45, 2.75) is 43.2 Å². The van der Waals surface area contributed by atoms with Crippen LogP contribution in [-0.2, 0) is 14.8 Å². The van der Waals surface area contributed by atoms with Gasteiger partial charge in [-0.05, 0) is 24.1 Å². The Morgan fingerprint density at radius 1 is 1.09 bits per heavy atom. The normalized spacial score (nSPS) is 12.9. The van der Waals surface area contributed by atoms with E-state index in [4.69, 9.17) is 0 Å². The Morgan fingerprint density at radius 3 is 2.47 bits per heavy atom. The van der Waals surface area contributed by atoms with Crippen LogP contribution in [0.2, 0.25) is 0 Å². The molecule has 1 unspecified atom stereocenters. The second-order valence-corrected chi connectivity index (χ2v) is 10.2. The second kappa shape index (κ2) is 10.9. The zero-order chi connectivity index (χ0) is 23.1. The molecule has 10 heteroatoms. The number of benzene rings is 1. The summed E-state index contributed by atoms with van der Waals surface area (Å²) < 4.78 is 28.7. The maximum Gasteiger partial charge on any atom is 0.244 e. The molecule has 0 spiro atoms. The minimum Gasteiger partial charge on any atom is -0.355 e. The van der Waals surface area contributed by atoms with Crippen LogP contribution in [0.15, 0.2) is 58.7 Å². The third kappa shape index (κ3) is 5.48. The van der Waals surface area contributed by atoms with Gasteiger partial charge in [0.2, 0.25) is 15.9 Å². The summed E-state index contributed by atoms with van der Waals surface area (Å²) in [6, 6.07) is 13.3. The maximum absolute atomic E-state index is 12.8. The Balaban J connectivity index is 1.66. The number of nitrogens with zero attached hydrogens (tertiary/aromatic N) is 4. The minimum atomic E-state index is -3.60. The number of thioether (sulfide) groups is 1. The minimum absolute atomic E-state index is 0.104. The predicted octanol–water partition coefficient (Wildman–Crippen LogP) is 3.16. The molecule has 3 aromatic rings. The number of aromatic nitrogens is 3. The van der Waals surface area contributed by atoms with Crippen LogP contribution in [-0.4, -0.2) is 58.6 Å². The van der Waals surface area contributed by atoms with Crippen LogP contribution in [0.25, 0.3) is 5.65 Å². The van der Waals surface area contributed by atoms with Crippen LogP contribution in [0.1, 0.15) is 38.7 Å². The third-order valence-corrected chi connectivity index (χ3v) is 8.31. The molecule has 0 bridgehead atoms. The third-order valence-electron chi connectivity index (χ3n) is 5.33. The highest BCUT2D eigenvalue weighted by atomic mass is 32.2. The highest BCUT2D eigenvalue weighted by Gasteiger charge is 2.23. The molecule has 8 nitrogen and oxygen atoms in total. The summed E-state index contributed by atoms with van der Waals surface area (Å²) in [5.41, 5.74) is 1.73. The molecular formula is C22H29N5O3S2. The van der Waals surface area contributed by atoms with Gasteiger partial charge in [-0.3, -0.25) is 9.20 Å². The lowest BCUT2D eigenvalue weighted by atomic mass is 9.96. The van der Waals surface area contributed by atoms with Gasteiger partial charge >= 0.3 is 0 Å². The summed E-state index contributed by atoms with van der Waals surface area (Å²) in [6.07, 6.45) is 2.45. The van der Waals surface area contributed by atoms with Crippen molar-refractivity contribution >= 4 is 33.3 Å². The van der Waals surface area contributed by atoms with Crippen LogP contribution in [0, 0.1) is 0 Å². The van der Waals surface area contributed by atoms with Crippen molar-refractivity contribution in [1.82, 2.24) is 24.2 Å². The van der Waals surface area contributed by atoms with Crippen molar-refractivity contribution in [2.24, 2.45) is 0 Å². The van der Waals surface area contributed by atoms with E-state index < -0.39 is 10.0 Å². The first-order valence-corrected chi connectivity index (χ1v) is 13.1. The Hall–Kier alpha value is -2.43. The number of nitrogens with one attached hydrogen (secondary N) is 1. The zero-order valence-electron chi connectivity index (χ0n) is 18.6. The van der Waals surface area contributed by atoms with Gasteiger partial charge in [0.05, 0.1) is 10.6 Å². The Morgan fingerprint density at radius 2 is 1.81 bits per heavy atom. The molecule has 172 valence electrons. The van der Waals surface area contributed by atoms with Crippen molar-refractivity contribution in [1.29, 1.82) is 0 Å². The van der Waals surface area contributed by atoms with Gasteiger partial charge in [-0.15, -0.1) is 10.2 Å². The monoisotopic (exact) mass is 475 g/mol. The van der Waals surface area contributed by atoms with Gasteiger partial charge in [-0.25, -0.2) is 8.42 Å². The van der Waals surface area contributed by atoms with E-state index in [1.807, 2.05) is 18.2 Å². The Bertz CT molecular complexity index is 1140. The van der Waals surface area contributed by atoms with Gasteiger partial charge in [0.25, 0.3) is 0 Å². The van der Waals surface area contributed by atoms with E-state index >= 15 is 0 Å². The standard InChI is InChI=1S/C22H29N5O3S2/c1-4-17(18-10-8-7-9-11-18)14-23-21(28)16-31-22-25-24-20-13-12-19(15-27(20)22)32(29,30)26(5-2)6-3/h7-13,15,17H,4-6,14,16H2,1-3H3,(H,23,28). The van der Waals surface area contributed by atoms with Gasteiger partial charge in [0.15, 0.2) is 10.8 Å².